The highest BCUT2D eigenvalue weighted by Gasteiger charge is 1.97. The topological polar surface area (TPSA) is 39.4 Å². The molecule has 3 heteroatoms. The van der Waals surface area contributed by atoms with Crippen molar-refractivity contribution >= 4 is 5.71 Å². The molecule has 1 aromatic carbocycles. The quantitative estimate of drug-likeness (QED) is 0.523. The second-order valence-electron chi connectivity index (χ2n) is 3.22. The SMILES string of the molecule is CC(=NN(C)C)c1ccc(C#N)cc1. The molecule has 0 spiro atoms. The van der Waals surface area contributed by atoms with Gasteiger partial charge in [0.1, 0.15) is 0 Å². The number of hydrogen-bond donors (Lipinski definition) is 0. The summed E-state index contributed by atoms with van der Waals surface area (Å²) in [7, 11) is 3.76. The van der Waals surface area contributed by atoms with Crippen LogP contribution in [0.25, 0.3) is 0 Å². The number of nitriles is 1. The zero-order chi connectivity index (χ0) is 10.6. The fourth-order valence-electron chi connectivity index (χ4n) is 1.14. The molecule has 72 valence electrons. The molecule has 0 heterocycles. The van der Waals surface area contributed by atoms with Gasteiger partial charge in [0.2, 0.25) is 0 Å². The minimum atomic E-state index is 0.673. The molecule has 0 unspecified atom stereocenters. The fourth-order valence-corrected chi connectivity index (χ4v) is 1.14. The predicted molar refractivity (Wildman–Crippen MR) is 57.1 cm³/mol. The standard InChI is InChI=1S/C11H13N3/c1-9(13-14(2)3)11-6-4-10(8-12)5-7-11/h4-7H,1-3H3. The summed E-state index contributed by atoms with van der Waals surface area (Å²) in [6.07, 6.45) is 0. The van der Waals surface area contributed by atoms with Gasteiger partial charge >= 0.3 is 0 Å². The molecular formula is C11H13N3. The summed E-state index contributed by atoms with van der Waals surface area (Å²) >= 11 is 0. The summed E-state index contributed by atoms with van der Waals surface area (Å²) in [6.45, 7) is 1.95. The Bertz CT molecular complexity index is 369. The van der Waals surface area contributed by atoms with Crippen LogP contribution in [-0.4, -0.2) is 24.8 Å². The van der Waals surface area contributed by atoms with Crippen LogP contribution in [0.1, 0.15) is 18.1 Å². The average Bonchev–Trinajstić information content (AvgIpc) is 2.17. The van der Waals surface area contributed by atoms with Crippen molar-refractivity contribution in [2.24, 2.45) is 5.10 Å². The highest BCUT2D eigenvalue weighted by Crippen LogP contribution is 2.05. The molecule has 0 aromatic heterocycles. The van der Waals surface area contributed by atoms with Gasteiger partial charge < -0.3 is 5.01 Å². The van der Waals surface area contributed by atoms with Crippen molar-refractivity contribution in [3.05, 3.63) is 35.4 Å². The maximum Gasteiger partial charge on any atom is 0.0991 e. The highest BCUT2D eigenvalue weighted by atomic mass is 15.4. The van der Waals surface area contributed by atoms with Gasteiger partial charge in [-0.1, -0.05) is 12.1 Å². The van der Waals surface area contributed by atoms with Crippen LogP contribution in [0.3, 0.4) is 0 Å². The van der Waals surface area contributed by atoms with Crippen LogP contribution in [0.2, 0.25) is 0 Å². The third-order valence-corrected chi connectivity index (χ3v) is 1.78. The van der Waals surface area contributed by atoms with Gasteiger partial charge in [-0.2, -0.15) is 10.4 Å². The Kier molecular flexibility index (Phi) is 3.24. The summed E-state index contributed by atoms with van der Waals surface area (Å²) < 4.78 is 0. The van der Waals surface area contributed by atoms with E-state index >= 15 is 0 Å². The van der Waals surface area contributed by atoms with Gasteiger partial charge in [0.15, 0.2) is 0 Å². The van der Waals surface area contributed by atoms with Crippen molar-refractivity contribution in [1.29, 1.82) is 5.26 Å². The minimum absolute atomic E-state index is 0.673. The second kappa shape index (κ2) is 4.43. The van der Waals surface area contributed by atoms with Crippen LogP contribution < -0.4 is 0 Å². The smallest absolute Gasteiger partial charge is 0.0991 e. The third kappa shape index (κ3) is 2.60. The summed E-state index contributed by atoms with van der Waals surface area (Å²) in [5.74, 6) is 0. The van der Waals surface area contributed by atoms with Crippen molar-refractivity contribution < 1.29 is 0 Å². The molecule has 0 bridgehead atoms. The maximum atomic E-state index is 8.62. The lowest BCUT2D eigenvalue weighted by Crippen LogP contribution is -2.07. The van der Waals surface area contributed by atoms with Gasteiger partial charge in [0.05, 0.1) is 17.3 Å². The van der Waals surface area contributed by atoms with E-state index in [0.29, 0.717) is 5.56 Å². The summed E-state index contributed by atoms with van der Waals surface area (Å²) in [6, 6.07) is 9.48. The first-order valence-corrected chi connectivity index (χ1v) is 4.36. The summed E-state index contributed by atoms with van der Waals surface area (Å²) in [5, 5.41) is 14.7. The van der Waals surface area contributed by atoms with Crippen LogP contribution in [0.4, 0.5) is 0 Å². The molecular weight excluding hydrogens is 174 g/mol. The Morgan fingerprint density at radius 1 is 1.29 bits per heavy atom. The van der Waals surface area contributed by atoms with Crippen LogP contribution in [0.15, 0.2) is 29.4 Å². The molecule has 1 rings (SSSR count). The van der Waals surface area contributed by atoms with E-state index in [1.54, 1.807) is 17.1 Å². The van der Waals surface area contributed by atoms with E-state index < -0.39 is 0 Å². The predicted octanol–water partition coefficient (Wildman–Crippen LogP) is 1.84. The lowest BCUT2D eigenvalue weighted by atomic mass is 10.1. The van der Waals surface area contributed by atoms with Crippen molar-refractivity contribution in [2.45, 2.75) is 6.92 Å². The molecule has 0 saturated heterocycles. The lowest BCUT2D eigenvalue weighted by molar-refractivity contribution is 0.438. The van der Waals surface area contributed by atoms with Crippen molar-refractivity contribution in [3.8, 4) is 6.07 Å². The van der Waals surface area contributed by atoms with Crippen molar-refractivity contribution in [3.63, 3.8) is 0 Å². The van der Waals surface area contributed by atoms with E-state index in [1.165, 1.54) is 0 Å². The van der Waals surface area contributed by atoms with Gasteiger partial charge in [-0.3, -0.25) is 0 Å². The Balaban J connectivity index is 2.93. The molecule has 3 nitrogen and oxygen atoms in total. The fraction of sp³-hybridized carbons (Fsp3) is 0.273. The molecule has 1 aromatic rings. The van der Waals surface area contributed by atoms with Gasteiger partial charge in [-0.05, 0) is 24.6 Å². The van der Waals surface area contributed by atoms with E-state index in [-0.39, 0.29) is 0 Å². The minimum Gasteiger partial charge on any atom is -0.303 e. The van der Waals surface area contributed by atoms with Crippen molar-refractivity contribution in [2.75, 3.05) is 14.1 Å². The number of rotatable bonds is 2. The number of benzene rings is 1. The van der Waals surface area contributed by atoms with E-state index in [1.807, 2.05) is 33.2 Å². The van der Waals surface area contributed by atoms with Gasteiger partial charge in [-0.15, -0.1) is 0 Å². The van der Waals surface area contributed by atoms with E-state index in [4.69, 9.17) is 5.26 Å². The largest absolute Gasteiger partial charge is 0.303 e. The normalized spacial score (nSPS) is 10.9. The third-order valence-electron chi connectivity index (χ3n) is 1.78. The lowest BCUT2D eigenvalue weighted by Gasteiger charge is -2.07. The van der Waals surface area contributed by atoms with Gasteiger partial charge in [0, 0.05) is 14.1 Å². The number of nitrogens with zero attached hydrogens (tertiary/aromatic N) is 3. The number of hydrogen-bond acceptors (Lipinski definition) is 3. The molecule has 0 amide bonds. The first-order valence-electron chi connectivity index (χ1n) is 4.36. The second-order valence-corrected chi connectivity index (χ2v) is 3.22. The van der Waals surface area contributed by atoms with Crippen LogP contribution in [0, 0.1) is 11.3 Å². The average molecular weight is 187 g/mol. The van der Waals surface area contributed by atoms with Crippen LogP contribution in [0.5, 0.6) is 0 Å². The molecule has 0 radical (unpaired) electrons. The molecule has 0 aliphatic carbocycles. The monoisotopic (exact) mass is 187 g/mol. The Morgan fingerprint density at radius 2 is 1.86 bits per heavy atom. The molecule has 0 fully saturated rings. The Morgan fingerprint density at radius 3 is 2.29 bits per heavy atom. The van der Waals surface area contributed by atoms with E-state index in [9.17, 15) is 0 Å². The van der Waals surface area contributed by atoms with Crippen LogP contribution in [-0.2, 0) is 0 Å². The molecule has 0 saturated carbocycles. The first kappa shape index (κ1) is 10.3. The zero-order valence-corrected chi connectivity index (χ0v) is 8.65. The summed E-state index contributed by atoms with van der Waals surface area (Å²) in [5.41, 5.74) is 2.66. The molecule has 14 heavy (non-hydrogen) atoms. The Labute approximate surface area is 84.3 Å². The molecule has 0 atom stereocenters. The molecule has 0 aliphatic heterocycles. The first-order chi connectivity index (χ1) is 6.63. The van der Waals surface area contributed by atoms with Gasteiger partial charge in [0.25, 0.3) is 0 Å². The maximum absolute atomic E-state index is 8.62. The van der Waals surface area contributed by atoms with Crippen molar-refractivity contribution in [1.82, 2.24) is 5.01 Å². The van der Waals surface area contributed by atoms with Crippen LogP contribution >= 0.6 is 0 Å². The summed E-state index contributed by atoms with van der Waals surface area (Å²) in [4.78, 5) is 0. The van der Waals surface area contributed by atoms with E-state index in [2.05, 4.69) is 11.2 Å². The number of hydrazone groups is 1. The Hall–Kier alpha value is -1.82. The highest BCUT2D eigenvalue weighted by molar-refractivity contribution is 5.98. The van der Waals surface area contributed by atoms with E-state index in [0.717, 1.165) is 11.3 Å². The molecule has 0 N–H and O–H groups in total. The zero-order valence-electron chi connectivity index (χ0n) is 8.65. The molecule has 0 aliphatic rings. The van der Waals surface area contributed by atoms with Gasteiger partial charge in [-0.25, -0.2) is 0 Å².